The van der Waals surface area contributed by atoms with E-state index in [1.165, 1.54) is 51.4 Å². The lowest BCUT2D eigenvalue weighted by molar-refractivity contribution is 0.277. The van der Waals surface area contributed by atoms with E-state index in [1.807, 2.05) is 104 Å². The number of benzene rings is 3. The largest absolute Gasteiger partial charge is 0.476 e. The second-order valence-electron chi connectivity index (χ2n) is 16.2. The number of aryl methyl sites for hydroxylation is 1. The number of para-hydroxylation sites is 6. The molecular formula is C47H58N6O2Si. The van der Waals surface area contributed by atoms with Crippen molar-refractivity contribution in [1.29, 1.82) is 0 Å². The highest BCUT2D eigenvalue weighted by atomic mass is 28.4. The van der Waals surface area contributed by atoms with Crippen molar-refractivity contribution in [1.82, 2.24) is 29.9 Å². The predicted octanol–water partition coefficient (Wildman–Crippen LogP) is 12.5. The molecule has 0 bridgehead atoms. The van der Waals surface area contributed by atoms with Crippen LogP contribution in [0.25, 0.3) is 57.4 Å². The molecule has 3 aromatic carbocycles. The smallest absolute Gasteiger partial charge is 0.240 e. The molecule has 6 aromatic rings. The lowest BCUT2D eigenvalue weighted by atomic mass is 10.1. The number of fused-ring (bicyclic) bond motifs is 3. The molecule has 0 unspecified atom stereocenters. The van der Waals surface area contributed by atoms with Crippen LogP contribution < -0.4 is 4.74 Å². The van der Waals surface area contributed by atoms with E-state index < -0.39 is 8.32 Å². The molecule has 0 aliphatic rings. The molecule has 0 saturated heterocycles. The molecule has 0 aliphatic carbocycles. The number of ether oxygens (including phenoxy) is 1. The Labute approximate surface area is 334 Å². The topological polar surface area (TPSA) is 95.8 Å². The van der Waals surface area contributed by atoms with Crippen molar-refractivity contribution >= 4 is 65.7 Å². The summed E-state index contributed by atoms with van der Waals surface area (Å²) in [5.41, 5.74) is 8.72. The molecule has 0 fully saturated rings. The average molecular weight is 767 g/mol. The van der Waals surface area contributed by atoms with Crippen LogP contribution in [0.3, 0.4) is 0 Å². The van der Waals surface area contributed by atoms with Gasteiger partial charge in [-0.3, -0.25) is 0 Å². The first kappa shape index (κ1) is 40.8. The second-order valence-corrected chi connectivity index (χ2v) is 21.0. The molecule has 0 spiro atoms. The van der Waals surface area contributed by atoms with Crippen molar-refractivity contribution in [2.75, 3.05) is 13.2 Å². The lowest BCUT2D eigenvalue weighted by Gasteiger charge is -2.36. The molecule has 0 saturated carbocycles. The van der Waals surface area contributed by atoms with Crippen LogP contribution in [0.1, 0.15) is 113 Å². The molecule has 0 atom stereocenters. The Balaban J connectivity index is 1.04. The van der Waals surface area contributed by atoms with Gasteiger partial charge in [-0.15, -0.1) is 0 Å². The molecule has 292 valence electrons. The van der Waals surface area contributed by atoms with Gasteiger partial charge in [-0.05, 0) is 98.6 Å². The fourth-order valence-electron chi connectivity index (χ4n) is 6.39. The molecule has 0 N–H and O–H groups in total. The monoisotopic (exact) mass is 766 g/mol. The van der Waals surface area contributed by atoms with Crippen LogP contribution in [0.4, 0.5) is 0 Å². The molecule has 3 heterocycles. The molecule has 0 amide bonds. The molecule has 3 aromatic heterocycles. The summed E-state index contributed by atoms with van der Waals surface area (Å²) >= 11 is 0. The van der Waals surface area contributed by atoms with Gasteiger partial charge in [0.2, 0.25) is 5.88 Å². The van der Waals surface area contributed by atoms with E-state index >= 15 is 0 Å². The average Bonchev–Trinajstić information content (AvgIpc) is 3.18. The van der Waals surface area contributed by atoms with E-state index in [9.17, 15) is 0 Å². The molecule has 0 radical (unpaired) electrons. The van der Waals surface area contributed by atoms with Crippen LogP contribution in [0, 0.1) is 6.92 Å². The van der Waals surface area contributed by atoms with E-state index in [4.69, 9.17) is 39.1 Å². The minimum Gasteiger partial charge on any atom is -0.476 e. The third kappa shape index (κ3) is 11.1. The molecule has 8 nitrogen and oxygen atoms in total. The Hall–Kier alpha value is -4.86. The van der Waals surface area contributed by atoms with Gasteiger partial charge in [-0.2, -0.15) is 0 Å². The van der Waals surface area contributed by atoms with Crippen molar-refractivity contribution in [2.24, 2.45) is 0 Å². The maximum absolute atomic E-state index is 6.33. The summed E-state index contributed by atoms with van der Waals surface area (Å²) < 4.78 is 12.6. The maximum Gasteiger partial charge on any atom is 0.240 e. The van der Waals surface area contributed by atoms with Gasteiger partial charge in [0.15, 0.2) is 8.32 Å². The van der Waals surface area contributed by atoms with Crippen molar-refractivity contribution in [3.63, 3.8) is 0 Å². The summed E-state index contributed by atoms with van der Waals surface area (Å²) in [4.78, 5) is 29.4. The van der Waals surface area contributed by atoms with Crippen LogP contribution in [-0.4, -0.2) is 51.4 Å². The zero-order valence-electron chi connectivity index (χ0n) is 34.2. The van der Waals surface area contributed by atoms with Crippen LogP contribution in [0.15, 0.2) is 72.8 Å². The van der Waals surface area contributed by atoms with Gasteiger partial charge in [0.25, 0.3) is 0 Å². The zero-order chi connectivity index (χ0) is 39.4. The standard InChI is InChI=1S/C47H58N6O2Si/c1-35-36(49-38-24-16-15-23-37(38)48-35)29-30-43-44(51-40-26-18-17-25-39(40)50-43)31-32-45-46(53-42-28-20-19-27-41(42)52-45)54-33-21-13-11-9-7-8-10-12-14-22-34-55-56(5,6)47(2,3)4/h15-20,23-32H,7-14,21-22,33-34H2,1-6H3/b30-29+,32-31+. The van der Waals surface area contributed by atoms with Crippen LogP contribution in [0.2, 0.25) is 18.1 Å². The van der Waals surface area contributed by atoms with Gasteiger partial charge in [0, 0.05) is 6.61 Å². The quantitative estimate of drug-likeness (QED) is 0.0594. The Kier molecular flexibility index (Phi) is 14.1. The van der Waals surface area contributed by atoms with Gasteiger partial charge in [-0.1, -0.05) is 109 Å². The van der Waals surface area contributed by atoms with Crippen LogP contribution >= 0.6 is 0 Å². The zero-order valence-corrected chi connectivity index (χ0v) is 35.2. The van der Waals surface area contributed by atoms with E-state index in [1.54, 1.807) is 0 Å². The first-order valence-electron chi connectivity index (χ1n) is 20.5. The van der Waals surface area contributed by atoms with E-state index in [-0.39, 0.29) is 0 Å². The fraction of sp³-hybridized carbons (Fsp3) is 0.404. The third-order valence-electron chi connectivity index (χ3n) is 10.8. The Bertz CT molecular complexity index is 2280. The number of aromatic nitrogens is 6. The first-order valence-corrected chi connectivity index (χ1v) is 23.4. The Morgan fingerprint density at radius 3 is 1.30 bits per heavy atom. The molecule has 9 heteroatoms. The molecule has 56 heavy (non-hydrogen) atoms. The van der Waals surface area contributed by atoms with E-state index in [0.29, 0.717) is 28.9 Å². The predicted molar refractivity (Wildman–Crippen MR) is 236 cm³/mol. The van der Waals surface area contributed by atoms with Crippen LogP contribution in [0.5, 0.6) is 5.88 Å². The molecule has 6 rings (SSSR count). The SMILES string of the molecule is Cc1nc2ccccc2nc1/C=C/c1nc2ccccc2nc1/C=C/c1nc2ccccc2nc1OCCCCCCCCCCCCO[Si](C)(C)C(C)(C)C. The summed E-state index contributed by atoms with van der Waals surface area (Å²) in [5, 5.41) is 0.290. The summed E-state index contributed by atoms with van der Waals surface area (Å²) in [5.74, 6) is 0.530. The van der Waals surface area contributed by atoms with E-state index in [0.717, 1.165) is 69.6 Å². The fourth-order valence-corrected chi connectivity index (χ4v) is 7.48. The lowest BCUT2D eigenvalue weighted by Crippen LogP contribution is -2.40. The Morgan fingerprint density at radius 2 is 0.821 bits per heavy atom. The van der Waals surface area contributed by atoms with Gasteiger partial charge >= 0.3 is 0 Å². The molecule has 0 aliphatic heterocycles. The number of rotatable bonds is 19. The molecular weight excluding hydrogens is 709 g/mol. The minimum atomic E-state index is -1.61. The third-order valence-corrected chi connectivity index (χ3v) is 15.4. The van der Waals surface area contributed by atoms with Gasteiger partial charge < -0.3 is 9.16 Å². The van der Waals surface area contributed by atoms with Crippen molar-refractivity contribution in [3.8, 4) is 5.88 Å². The number of nitrogens with zero attached hydrogens (tertiary/aromatic N) is 6. The Morgan fingerprint density at radius 1 is 0.464 bits per heavy atom. The minimum absolute atomic E-state index is 0.290. The van der Waals surface area contributed by atoms with Gasteiger partial charge in [-0.25, -0.2) is 29.9 Å². The maximum atomic E-state index is 6.33. The number of hydrogen-bond acceptors (Lipinski definition) is 8. The summed E-state index contributed by atoms with van der Waals surface area (Å²) in [6.07, 6.45) is 20.1. The summed E-state index contributed by atoms with van der Waals surface area (Å²) in [6.45, 7) is 15.1. The van der Waals surface area contributed by atoms with Gasteiger partial charge in [0.05, 0.1) is 62.5 Å². The van der Waals surface area contributed by atoms with E-state index in [2.05, 4.69) is 33.9 Å². The van der Waals surface area contributed by atoms with Crippen molar-refractivity contribution in [3.05, 3.63) is 101 Å². The van der Waals surface area contributed by atoms with Crippen molar-refractivity contribution in [2.45, 2.75) is 110 Å². The van der Waals surface area contributed by atoms with Gasteiger partial charge in [0.1, 0.15) is 5.69 Å². The normalized spacial score (nSPS) is 12.5. The highest BCUT2D eigenvalue weighted by Gasteiger charge is 2.36. The number of hydrogen-bond donors (Lipinski definition) is 0. The highest BCUT2D eigenvalue weighted by Crippen LogP contribution is 2.36. The first-order chi connectivity index (χ1) is 27.1. The summed E-state index contributed by atoms with van der Waals surface area (Å²) in [7, 11) is -1.61. The van der Waals surface area contributed by atoms with Crippen LogP contribution in [-0.2, 0) is 4.43 Å². The highest BCUT2D eigenvalue weighted by molar-refractivity contribution is 6.74. The number of unbranched alkanes of at least 4 members (excludes halogenated alkanes) is 9. The van der Waals surface area contributed by atoms with Crippen molar-refractivity contribution < 1.29 is 9.16 Å². The summed E-state index contributed by atoms with van der Waals surface area (Å²) in [6, 6.07) is 23.7. The second kappa shape index (κ2) is 19.3.